The molecule has 0 radical (unpaired) electrons. The molecule has 2 aromatic carbocycles. The number of hydrogen-bond donors (Lipinski definition) is 0. The lowest BCUT2D eigenvalue weighted by atomic mass is 10.1. The molecule has 4 rings (SSSR count). The summed E-state index contributed by atoms with van der Waals surface area (Å²) in [4.78, 5) is 5.55. The van der Waals surface area contributed by atoms with Crippen LogP contribution in [0.15, 0.2) is 40.1 Å². The normalized spacial score (nSPS) is 14.7. The lowest BCUT2D eigenvalue weighted by Gasteiger charge is -2.10. The van der Waals surface area contributed by atoms with E-state index in [1.807, 2.05) is 30.3 Å². The summed E-state index contributed by atoms with van der Waals surface area (Å²) in [5.74, 6) is 1.43. The van der Waals surface area contributed by atoms with Crippen LogP contribution in [0.4, 0.5) is 0 Å². The van der Waals surface area contributed by atoms with Crippen LogP contribution in [0.25, 0.3) is 11.0 Å². The molecule has 3 aromatic rings. The molecule has 1 aromatic heterocycles. The average molecular weight is 339 g/mol. The number of methoxy groups -OCH3 is 2. The van der Waals surface area contributed by atoms with Crippen LogP contribution in [-0.2, 0) is 17.9 Å². The van der Waals surface area contributed by atoms with Crippen LogP contribution < -0.4 is 9.47 Å². The van der Waals surface area contributed by atoms with E-state index in [-0.39, 0.29) is 0 Å². The first-order valence-electron chi connectivity index (χ1n) is 7.94. The fourth-order valence-corrected chi connectivity index (χ4v) is 2.98. The van der Waals surface area contributed by atoms with Crippen molar-refractivity contribution in [3.8, 4) is 11.5 Å². The van der Waals surface area contributed by atoms with Crippen molar-refractivity contribution in [2.24, 2.45) is 5.16 Å². The number of oxime groups is 1. The van der Waals surface area contributed by atoms with E-state index in [0.717, 1.165) is 40.9 Å². The van der Waals surface area contributed by atoms with Gasteiger partial charge in [0.05, 0.1) is 19.9 Å². The van der Waals surface area contributed by atoms with Crippen LogP contribution in [0.5, 0.6) is 11.5 Å². The Kier molecular flexibility index (Phi) is 3.97. The van der Waals surface area contributed by atoms with E-state index < -0.39 is 0 Å². The van der Waals surface area contributed by atoms with Crippen molar-refractivity contribution < 1.29 is 18.9 Å². The summed E-state index contributed by atoms with van der Waals surface area (Å²) in [6.45, 7) is 0.356. The van der Waals surface area contributed by atoms with Gasteiger partial charge >= 0.3 is 0 Å². The molecule has 25 heavy (non-hydrogen) atoms. The molecule has 0 unspecified atom stereocenters. The van der Waals surface area contributed by atoms with Crippen molar-refractivity contribution >= 4 is 16.7 Å². The summed E-state index contributed by atoms with van der Waals surface area (Å²) >= 11 is 0. The number of benzene rings is 2. The molecular weight excluding hydrogens is 322 g/mol. The predicted octanol–water partition coefficient (Wildman–Crippen LogP) is 3.11. The Morgan fingerprint density at radius 3 is 2.64 bits per heavy atom. The van der Waals surface area contributed by atoms with E-state index in [0.29, 0.717) is 17.9 Å². The van der Waals surface area contributed by atoms with Gasteiger partial charge in [-0.15, -0.1) is 0 Å². The highest BCUT2D eigenvalue weighted by Crippen LogP contribution is 2.35. The summed E-state index contributed by atoms with van der Waals surface area (Å²) in [5, 5.41) is 11.9. The van der Waals surface area contributed by atoms with E-state index in [1.165, 1.54) is 5.56 Å². The molecule has 0 spiro atoms. The largest absolute Gasteiger partial charge is 0.493 e. The van der Waals surface area contributed by atoms with E-state index in [1.54, 1.807) is 14.2 Å². The highest BCUT2D eigenvalue weighted by atomic mass is 16.6. The van der Waals surface area contributed by atoms with Gasteiger partial charge in [-0.05, 0) is 58.5 Å². The molecule has 128 valence electrons. The number of aromatic nitrogens is 2. The van der Waals surface area contributed by atoms with Crippen LogP contribution in [0.1, 0.15) is 23.1 Å². The fraction of sp³-hybridized carbons (Fsp3) is 0.278. The zero-order chi connectivity index (χ0) is 17.2. The minimum absolute atomic E-state index is 0.356. The SMILES string of the molecule is COc1cc2c(cc1OC)C(=NOCc1ccc3nonc3c1)CC2. The van der Waals surface area contributed by atoms with Gasteiger partial charge in [-0.3, -0.25) is 0 Å². The first kappa shape index (κ1) is 15.4. The molecule has 0 fully saturated rings. The van der Waals surface area contributed by atoms with Gasteiger partial charge in [-0.25, -0.2) is 4.63 Å². The molecule has 0 N–H and O–H groups in total. The molecule has 7 nitrogen and oxygen atoms in total. The smallest absolute Gasteiger partial charge is 0.161 e. The third kappa shape index (κ3) is 2.88. The predicted molar refractivity (Wildman–Crippen MR) is 91.0 cm³/mol. The molecule has 0 bridgehead atoms. The van der Waals surface area contributed by atoms with Crippen molar-refractivity contribution in [2.45, 2.75) is 19.4 Å². The van der Waals surface area contributed by atoms with Crippen LogP contribution in [0.2, 0.25) is 0 Å². The Labute approximate surface area is 144 Å². The fourth-order valence-electron chi connectivity index (χ4n) is 2.98. The first-order chi connectivity index (χ1) is 12.3. The molecule has 7 heteroatoms. The number of fused-ring (bicyclic) bond motifs is 2. The standard InChI is InChI=1S/C18H17N3O4/c1-22-17-8-12-4-6-14(13(12)9-18(17)23-2)19-24-10-11-3-5-15-16(7-11)21-25-20-15/h3,5,7-9H,4,6,10H2,1-2H3. The minimum atomic E-state index is 0.356. The monoisotopic (exact) mass is 339 g/mol. The minimum Gasteiger partial charge on any atom is -0.493 e. The first-order valence-corrected chi connectivity index (χ1v) is 7.94. The molecule has 1 aliphatic carbocycles. The Hall–Kier alpha value is -3.09. The van der Waals surface area contributed by atoms with Gasteiger partial charge in [0.2, 0.25) is 0 Å². The zero-order valence-electron chi connectivity index (χ0n) is 14.0. The van der Waals surface area contributed by atoms with Crippen molar-refractivity contribution in [2.75, 3.05) is 14.2 Å². The average Bonchev–Trinajstić information content (AvgIpc) is 3.26. The summed E-state index contributed by atoms with van der Waals surface area (Å²) < 4.78 is 15.4. The van der Waals surface area contributed by atoms with Crippen molar-refractivity contribution in [3.63, 3.8) is 0 Å². The second-order valence-corrected chi connectivity index (χ2v) is 5.76. The highest BCUT2D eigenvalue weighted by Gasteiger charge is 2.22. The Morgan fingerprint density at radius 2 is 1.80 bits per heavy atom. The molecule has 1 aliphatic rings. The van der Waals surface area contributed by atoms with Crippen molar-refractivity contribution in [1.82, 2.24) is 10.3 Å². The van der Waals surface area contributed by atoms with Gasteiger partial charge in [0, 0.05) is 5.56 Å². The van der Waals surface area contributed by atoms with Crippen LogP contribution >= 0.6 is 0 Å². The van der Waals surface area contributed by atoms with Gasteiger partial charge in [-0.1, -0.05) is 11.2 Å². The van der Waals surface area contributed by atoms with Gasteiger partial charge < -0.3 is 14.3 Å². The summed E-state index contributed by atoms with van der Waals surface area (Å²) in [6.07, 6.45) is 1.74. The maximum absolute atomic E-state index is 5.55. The zero-order valence-corrected chi connectivity index (χ0v) is 14.0. The van der Waals surface area contributed by atoms with E-state index >= 15 is 0 Å². The second-order valence-electron chi connectivity index (χ2n) is 5.76. The number of rotatable bonds is 5. The van der Waals surface area contributed by atoms with Gasteiger partial charge in [0.25, 0.3) is 0 Å². The maximum atomic E-state index is 5.55. The van der Waals surface area contributed by atoms with Gasteiger partial charge in [0.1, 0.15) is 17.6 Å². The third-order valence-electron chi connectivity index (χ3n) is 4.28. The molecule has 0 atom stereocenters. The van der Waals surface area contributed by atoms with E-state index in [2.05, 4.69) is 15.5 Å². The number of ether oxygens (including phenoxy) is 2. The third-order valence-corrected chi connectivity index (χ3v) is 4.28. The lowest BCUT2D eigenvalue weighted by Crippen LogP contribution is -1.99. The summed E-state index contributed by atoms with van der Waals surface area (Å²) in [7, 11) is 3.26. The Bertz CT molecular complexity index is 949. The Morgan fingerprint density at radius 1 is 1.00 bits per heavy atom. The number of hydrogen-bond acceptors (Lipinski definition) is 7. The quantitative estimate of drug-likeness (QED) is 0.665. The van der Waals surface area contributed by atoms with Crippen LogP contribution in [-0.4, -0.2) is 30.2 Å². The summed E-state index contributed by atoms with van der Waals surface area (Å²) in [6, 6.07) is 9.60. The molecule has 0 saturated heterocycles. The molecular formula is C18H17N3O4. The van der Waals surface area contributed by atoms with Crippen LogP contribution in [0, 0.1) is 0 Å². The Balaban J connectivity index is 1.51. The molecule has 0 aliphatic heterocycles. The topological polar surface area (TPSA) is 79.0 Å². The lowest BCUT2D eigenvalue weighted by molar-refractivity contribution is 0.130. The highest BCUT2D eigenvalue weighted by molar-refractivity contribution is 6.04. The van der Waals surface area contributed by atoms with Crippen LogP contribution in [0.3, 0.4) is 0 Å². The van der Waals surface area contributed by atoms with Gasteiger partial charge in [0.15, 0.2) is 11.5 Å². The number of nitrogens with zero attached hydrogens (tertiary/aromatic N) is 3. The van der Waals surface area contributed by atoms with E-state index in [4.69, 9.17) is 18.9 Å². The van der Waals surface area contributed by atoms with Gasteiger partial charge in [-0.2, -0.15) is 0 Å². The van der Waals surface area contributed by atoms with Crippen molar-refractivity contribution in [3.05, 3.63) is 47.0 Å². The van der Waals surface area contributed by atoms with E-state index in [9.17, 15) is 0 Å². The molecule has 0 amide bonds. The van der Waals surface area contributed by atoms with Crippen molar-refractivity contribution in [1.29, 1.82) is 0 Å². The maximum Gasteiger partial charge on any atom is 0.161 e. The molecule has 1 heterocycles. The number of aryl methyl sites for hydroxylation is 1. The second kappa shape index (κ2) is 6.43. The molecule has 0 saturated carbocycles. The summed E-state index contributed by atoms with van der Waals surface area (Å²) in [5.41, 5.74) is 5.54.